The molecular formula is C7H9N2O2. The zero-order chi connectivity index (χ0) is 8.27. The Kier molecular flexibility index (Phi) is 2.44. The van der Waals surface area contributed by atoms with Crippen molar-refractivity contribution >= 4 is 5.91 Å². The number of primary amides is 1. The van der Waals surface area contributed by atoms with Crippen LogP contribution in [0.4, 0.5) is 0 Å². The molecule has 59 valence electrons. The van der Waals surface area contributed by atoms with Gasteiger partial charge in [-0.2, -0.15) is 5.26 Å². The number of amides is 1. The molecule has 1 aliphatic heterocycles. The zero-order valence-electron chi connectivity index (χ0n) is 6.04. The highest BCUT2D eigenvalue weighted by Gasteiger charge is 2.26. The van der Waals surface area contributed by atoms with Crippen LogP contribution in [0.3, 0.4) is 0 Å². The maximum Gasteiger partial charge on any atom is 0.246 e. The van der Waals surface area contributed by atoms with Crippen molar-refractivity contribution in [1.82, 2.24) is 0 Å². The average molecular weight is 153 g/mol. The Morgan fingerprint density at radius 1 is 1.82 bits per heavy atom. The first-order valence-corrected chi connectivity index (χ1v) is 3.39. The fourth-order valence-electron chi connectivity index (χ4n) is 0.993. The minimum Gasteiger partial charge on any atom is -0.368 e. The minimum atomic E-state index is -0.585. The van der Waals surface area contributed by atoms with Crippen LogP contribution in [0.15, 0.2) is 0 Å². The molecule has 1 rings (SSSR count). The van der Waals surface area contributed by atoms with Crippen molar-refractivity contribution in [3.8, 4) is 6.07 Å². The fraction of sp³-hybridized carbons (Fsp3) is 0.571. The van der Waals surface area contributed by atoms with Gasteiger partial charge in [-0.1, -0.05) is 0 Å². The second kappa shape index (κ2) is 3.35. The lowest BCUT2D eigenvalue weighted by molar-refractivity contribution is -0.131. The summed E-state index contributed by atoms with van der Waals surface area (Å²) in [4.78, 5) is 10.6. The third-order valence-corrected chi connectivity index (χ3v) is 1.63. The summed E-state index contributed by atoms with van der Waals surface area (Å²) in [6, 6.07) is 2.02. The summed E-state index contributed by atoms with van der Waals surface area (Å²) in [5, 5.41) is 8.50. The first-order valence-electron chi connectivity index (χ1n) is 3.39. The number of nitrogens with zero attached hydrogens (tertiary/aromatic N) is 1. The van der Waals surface area contributed by atoms with E-state index < -0.39 is 12.0 Å². The number of nitriles is 1. The van der Waals surface area contributed by atoms with E-state index in [0.29, 0.717) is 25.4 Å². The van der Waals surface area contributed by atoms with Gasteiger partial charge in [-0.3, -0.25) is 4.79 Å². The molecule has 0 spiro atoms. The van der Waals surface area contributed by atoms with Gasteiger partial charge in [0.2, 0.25) is 5.91 Å². The van der Waals surface area contributed by atoms with Crippen LogP contribution < -0.4 is 5.73 Å². The van der Waals surface area contributed by atoms with Gasteiger partial charge in [0.1, 0.15) is 6.10 Å². The van der Waals surface area contributed by atoms with E-state index in [0.717, 1.165) is 0 Å². The molecule has 1 atom stereocenters. The van der Waals surface area contributed by atoms with Crippen molar-refractivity contribution in [3.63, 3.8) is 0 Å². The van der Waals surface area contributed by atoms with Crippen molar-refractivity contribution in [2.45, 2.75) is 18.9 Å². The Hall–Kier alpha value is -1.08. The summed E-state index contributed by atoms with van der Waals surface area (Å²) in [6.45, 7) is 0.427. The van der Waals surface area contributed by atoms with Gasteiger partial charge < -0.3 is 10.5 Å². The highest BCUT2D eigenvalue weighted by atomic mass is 16.5. The van der Waals surface area contributed by atoms with Crippen molar-refractivity contribution in [3.05, 3.63) is 5.92 Å². The van der Waals surface area contributed by atoms with Gasteiger partial charge >= 0.3 is 0 Å². The maximum absolute atomic E-state index is 10.6. The number of nitrogens with two attached hydrogens (primary N) is 1. The predicted octanol–water partition coefficient (Wildman–Crippen LogP) is -0.251. The molecule has 1 amide bonds. The molecule has 0 bridgehead atoms. The molecule has 0 aliphatic carbocycles. The van der Waals surface area contributed by atoms with Crippen molar-refractivity contribution in [2.24, 2.45) is 5.73 Å². The highest BCUT2D eigenvalue weighted by Crippen LogP contribution is 2.20. The van der Waals surface area contributed by atoms with Gasteiger partial charge in [0, 0.05) is 13.0 Å². The summed E-state index contributed by atoms with van der Waals surface area (Å²) in [7, 11) is 0. The van der Waals surface area contributed by atoms with Gasteiger partial charge in [0.15, 0.2) is 0 Å². The van der Waals surface area contributed by atoms with E-state index in [9.17, 15) is 4.79 Å². The van der Waals surface area contributed by atoms with Crippen LogP contribution in [0.2, 0.25) is 0 Å². The minimum absolute atomic E-state index is 0.367. The molecule has 11 heavy (non-hydrogen) atoms. The SMILES string of the molecule is N#C[C]1CCOC(C(N)=O)C1. The molecule has 1 unspecified atom stereocenters. The molecule has 1 aliphatic rings. The Labute approximate surface area is 64.9 Å². The topological polar surface area (TPSA) is 76.1 Å². The van der Waals surface area contributed by atoms with E-state index >= 15 is 0 Å². The summed E-state index contributed by atoms with van der Waals surface area (Å²) in [5.41, 5.74) is 5.00. The molecule has 1 heterocycles. The maximum atomic E-state index is 10.6. The molecular weight excluding hydrogens is 144 g/mol. The molecule has 4 heteroatoms. The highest BCUT2D eigenvalue weighted by molar-refractivity contribution is 5.79. The van der Waals surface area contributed by atoms with Crippen molar-refractivity contribution in [1.29, 1.82) is 5.26 Å². The Morgan fingerprint density at radius 2 is 2.55 bits per heavy atom. The molecule has 4 nitrogen and oxygen atoms in total. The van der Waals surface area contributed by atoms with Crippen LogP contribution in [0.25, 0.3) is 0 Å². The molecule has 1 saturated heterocycles. The number of rotatable bonds is 1. The van der Waals surface area contributed by atoms with Gasteiger partial charge in [-0.25, -0.2) is 0 Å². The first-order chi connectivity index (χ1) is 5.24. The van der Waals surface area contributed by atoms with Gasteiger partial charge in [0.25, 0.3) is 0 Å². The van der Waals surface area contributed by atoms with Crippen LogP contribution in [0.1, 0.15) is 12.8 Å². The second-order valence-corrected chi connectivity index (χ2v) is 2.43. The van der Waals surface area contributed by atoms with E-state index in [1.54, 1.807) is 0 Å². The number of hydrogen-bond donors (Lipinski definition) is 1. The van der Waals surface area contributed by atoms with E-state index in [-0.39, 0.29) is 0 Å². The Bertz CT molecular complexity index is 197. The van der Waals surface area contributed by atoms with E-state index in [1.165, 1.54) is 0 Å². The standard InChI is InChI=1S/C7H9N2O2/c8-4-5-1-2-11-6(3-5)7(9)10/h6H,1-3H2,(H2,9,10). The Morgan fingerprint density at radius 3 is 3.09 bits per heavy atom. The third-order valence-electron chi connectivity index (χ3n) is 1.63. The van der Waals surface area contributed by atoms with E-state index in [1.807, 2.05) is 6.07 Å². The molecule has 2 N–H and O–H groups in total. The molecule has 0 aromatic heterocycles. The number of carbonyl (C=O) groups is 1. The first kappa shape index (κ1) is 8.02. The van der Waals surface area contributed by atoms with E-state index in [2.05, 4.69) is 0 Å². The fourth-order valence-corrected chi connectivity index (χ4v) is 0.993. The summed E-state index contributed by atoms with van der Waals surface area (Å²) < 4.78 is 5.02. The van der Waals surface area contributed by atoms with Gasteiger partial charge in [-0.05, 0) is 6.42 Å². The van der Waals surface area contributed by atoms with Crippen LogP contribution in [-0.2, 0) is 9.53 Å². The van der Waals surface area contributed by atoms with E-state index in [4.69, 9.17) is 15.7 Å². The zero-order valence-corrected chi connectivity index (χ0v) is 6.04. The summed E-state index contributed by atoms with van der Waals surface area (Å²) in [5.74, 6) is 0.206. The van der Waals surface area contributed by atoms with Crippen molar-refractivity contribution < 1.29 is 9.53 Å². The number of hydrogen-bond acceptors (Lipinski definition) is 3. The average Bonchev–Trinajstić information content (AvgIpc) is 2.05. The number of carbonyl (C=O) groups excluding carboxylic acids is 1. The predicted molar refractivity (Wildman–Crippen MR) is 37.0 cm³/mol. The van der Waals surface area contributed by atoms with Crippen LogP contribution in [0.5, 0.6) is 0 Å². The monoisotopic (exact) mass is 153 g/mol. The summed E-state index contributed by atoms with van der Waals surface area (Å²) in [6.07, 6.45) is 0.407. The van der Waals surface area contributed by atoms with Gasteiger partial charge in [0.05, 0.1) is 12.0 Å². The van der Waals surface area contributed by atoms with Crippen LogP contribution in [0, 0.1) is 17.2 Å². The number of ether oxygens (including phenoxy) is 1. The largest absolute Gasteiger partial charge is 0.368 e. The van der Waals surface area contributed by atoms with Crippen LogP contribution in [-0.4, -0.2) is 18.6 Å². The summed E-state index contributed by atoms with van der Waals surface area (Å²) >= 11 is 0. The molecule has 0 aromatic carbocycles. The smallest absolute Gasteiger partial charge is 0.246 e. The van der Waals surface area contributed by atoms with Gasteiger partial charge in [-0.15, -0.1) is 0 Å². The van der Waals surface area contributed by atoms with Crippen LogP contribution >= 0.6 is 0 Å². The molecule has 1 fully saturated rings. The lowest BCUT2D eigenvalue weighted by Crippen LogP contribution is -2.36. The van der Waals surface area contributed by atoms with Crippen molar-refractivity contribution in [2.75, 3.05) is 6.61 Å². The molecule has 1 radical (unpaired) electrons. The third kappa shape index (κ3) is 1.92. The lowest BCUT2D eigenvalue weighted by Gasteiger charge is -2.22. The molecule has 0 saturated carbocycles. The lowest BCUT2D eigenvalue weighted by atomic mass is 9.97. The second-order valence-electron chi connectivity index (χ2n) is 2.43. The molecule has 0 aromatic rings. The quantitative estimate of drug-likeness (QED) is 0.564. The Balaban J connectivity index is 2.47. The normalized spacial score (nSPS) is 25.9.